The van der Waals surface area contributed by atoms with Gasteiger partial charge in [-0.1, -0.05) is 30.3 Å². The molecule has 10 heteroatoms. The summed E-state index contributed by atoms with van der Waals surface area (Å²) < 4.78 is 40.6. The summed E-state index contributed by atoms with van der Waals surface area (Å²) in [6, 6.07) is 13.6. The number of anilines is 2. The number of phenols is 1. The number of hydrogen-bond donors (Lipinski definition) is 3. The minimum absolute atomic E-state index is 0.0933. The van der Waals surface area contributed by atoms with Crippen molar-refractivity contribution in [3.8, 4) is 5.75 Å². The maximum Gasteiger partial charge on any atom is 0.453 e. The van der Waals surface area contributed by atoms with E-state index in [2.05, 4.69) is 20.7 Å². The van der Waals surface area contributed by atoms with Gasteiger partial charge in [-0.05, 0) is 36.8 Å². The number of hydrogen-bond acceptors (Lipinski definition) is 5. The highest BCUT2D eigenvalue weighted by atomic mass is 19.4. The van der Waals surface area contributed by atoms with E-state index in [0.717, 1.165) is 4.68 Å². The van der Waals surface area contributed by atoms with Gasteiger partial charge in [-0.3, -0.25) is 4.79 Å². The number of fused-ring (bicyclic) bond motifs is 1. The number of aromatic hydroxyl groups is 1. The van der Waals surface area contributed by atoms with E-state index in [0.29, 0.717) is 16.9 Å². The second kappa shape index (κ2) is 7.21. The first kappa shape index (κ1) is 19.5. The largest absolute Gasteiger partial charge is 0.508 e. The molecule has 7 nitrogen and oxygen atoms in total. The Hall–Kier alpha value is -3.82. The van der Waals surface area contributed by atoms with Crippen LogP contribution in [0.3, 0.4) is 0 Å². The van der Waals surface area contributed by atoms with Crippen LogP contribution in [-0.2, 0) is 11.0 Å². The Morgan fingerprint density at radius 2 is 1.90 bits per heavy atom. The Morgan fingerprint density at radius 3 is 2.57 bits per heavy atom. The summed E-state index contributed by atoms with van der Waals surface area (Å²) in [4.78, 5) is 16.6. The van der Waals surface area contributed by atoms with Gasteiger partial charge in [-0.25, -0.2) is 4.68 Å². The molecule has 1 atom stereocenters. The van der Waals surface area contributed by atoms with Crippen LogP contribution in [0.5, 0.6) is 5.75 Å². The average molecular weight is 415 g/mol. The predicted octanol–water partition coefficient (Wildman–Crippen LogP) is 3.93. The van der Waals surface area contributed by atoms with E-state index in [-0.39, 0.29) is 17.3 Å². The van der Waals surface area contributed by atoms with Crippen LogP contribution in [0.4, 0.5) is 24.8 Å². The molecule has 3 aromatic rings. The first-order valence-corrected chi connectivity index (χ1v) is 8.91. The van der Waals surface area contributed by atoms with Crippen LogP contribution in [-0.4, -0.2) is 25.8 Å². The highest BCUT2D eigenvalue weighted by Crippen LogP contribution is 2.38. The zero-order chi connectivity index (χ0) is 21.5. The molecule has 4 rings (SSSR count). The van der Waals surface area contributed by atoms with E-state index in [4.69, 9.17) is 0 Å². The van der Waals surface area contributed by atoms with E-state index < -0.39 is 23.9 Å². The number of alkyl halides is 3. The number of benzene rings is 2. The fraction of sp³-hybridized carbons (Fsp3) is 0.150. The molecule has 0 saturated heterocycles. The number of carbonyl (C=O) groups excluding carboxylic acids is 1. The lowest BCUT2D eigenvalue weighted by atomic mass is 9.95. The topological polar surface area (TPSA) is 92.1 Å². The summed E-state index contributed by atoms with van der Waals surface area (Å²) in [6.07, 6.45) is -4.75. The van der Waals surface area contributed by atoms with Crippen molar-refractivity contribution in [2.75, 3.05) is 10.6 Å². The molecule has 1 amide bonds. The van der Waals surface area contributed by atoms with Crippen molar-refractivity contribution in [2.24, 2.45) is 0 Å². The first-order valence-electron chi connectivity index (χ1n) is 8.91. The molecule has 0 radical (unpaired) electrons. The number of nitrogens with one attached hydrogen (secondary N) is 2. The normalized spacial score (nSPS) is 16.1. The molecular weight excluding hydrogens is 399 g/mol. The molecule has 154 valence electrons. The highest BCUT2D eigenvalue weighted by Gasteiger charge is 2.41. The molecule has 2 heterocycles. The SMILES string of the molecule is CC1=C(C(=O)Nc2ccccc2)[C@H](c2cccc(O)c2)n2nc(C(F)(F)F)nc2N1. The molecule has 0 unspecified atom stereocenters. The Balaban J connectivity index is 1.83. The fourth-order valence-electron chi connectivity index (χ4n) is 3.29. The third-order valence-corrected chi connectivity index (χ3v) is 4.57. The number of aromatic nitrogens is 3. The molecule has 30 heavy (non-hydrogen) atoms. The molecule has 1 aromatic heterocycles. The van der Waals surface area contributed by atoms with E-state index in [1.54, 1.807) is 43.3 Å². The zero-order valence-electron chi connectivity index (χ0n) is 15.6. The zero-order valence-corrected chi connectivity index (χ0v) is 15.6. The van der Waals surface area contributed by atoms with Gasteiger partial charge in [0.15, 0.2) is 0 Å². The molecular formula is C20H16F3N5O2. The fourth-order valence-corrected chi connectivity index (χ4v) is 3.29. The Labute approximate surface area is 168 Å². The maximum absolute atomic E-state index is 13.2. The summed E-state index contributed by atoms with van der Waals surface area (Å²) in [7, 11) is 0. The smallest absolute Gasteiger partial charge is 0.453 e. The van der Waals surface area contributed by atoms with Gasteiger partial charge >= 0.3 is 6.18 Å². The lowest BCUT2D eigenvalue weighted by molar-refractivity contribution is -0.145. The molecule has 0 fully saturated rings. The molecule has 0 aliphatic carbocycles. The Morgan fingerprint density at radius 1 is 1.17 bits per heavy atom. The van der Waals surface area contributed by atoms with Gasteiger partial charge in [-0.15, -0.1) is 5.10 Å². The number of nitrogens with zero attached hydrogens (tertiary/aromatic N) is 3. The van der Waals surface area contributed by atoms with Crippen LogP contribution >= 0.6 is 0 Å². The molecule has 3 N–H and O–H groups in total. The molecule has 0 bridgehead atoms. The second-order valence-electron chi connectivity index (χ2n) is 6.68. The van der Waals surface area contributed by atoms with Crippen LogP contribution in [0.15, 0.2) is 65.9 Å². The summed E-state index contributed by atoms with van der Waals surface area (Å²) in [6.45, 7) is 1.57. The van der Waals surface area contributed by atoms with E-state index in [1.807, 2.05) is 0 Å². The maximum atomic E-state index is 13.2. The van der Waals surface area contributed by atoms with Gasteiger partial charge in [-0.2, -0.15) is 18.2 Å². The van der Waals surface area contributed by atoms with Crippen LogP contribution in [0, 0.1) is 0 Å². The van der Waals surface area contributed by atoms with Crippen molar-refractivity contribution < 1.29 is 23.1 Å². The Kier molecular flexibility index (Phi) is 4.69. The van der Waals surface area contributed by atoms with Gasteiger partial charge in [0.1, 0.15) is 11.8 Å². The third-order valence-electron chi connectivity index (χ3n) is 4.57. The minimum Gasteiger partial charge on any atom is -0.508 e. The number of rotatable bonds is 3. The van der Waals surface area contributed by atoms with E-state index in [9.17, 15) is 23.1 Å². The van der Waals surface area contributed by atoms with Gasteiger partial charge in [0.25, 0.3) is 11.7 Å². The number of para-hydroxylation sites is 1. The molecule has 0 saturated carbocycles. The van der Waals surface area contributed by atoms with Crippen molar-refractivity contribution in [3.63, 3.8) is 0 Å². The molecule has 1 aliphatic rings. The van der Waals surface area contributed by atoms with E-state index in [1.165, 1.54) is 18.2 Å². The number of halogens is 3. The number of phenolic OH excluding ortho intramolecular Hbond substituents is 1. The summed E-state index contributed by atoms with van der Waals surface area (Å²) in [5, 5.41) is 19.0. The van der Waals surface area contributed by atoms with Crippen molar-refractivity contribution >= 4 is 17.5 Å². The van der Waals surface area contributed by atoms with Crippen molar-refractivity contribution in [1.82, 2.24) is 14.8 Å². The summed E-state index contributed by atoms with van der Waals surface area (Å²) in [5.74, 6) is -2.09. The highest BCUT2D eigenvalue weighted by molar-refractivity contribution is 6.06. The van der Waals surface area contributed by atoms with Crippen LogP contribution in [0.2, 0.25) is 0 Å². The van der Waals surface area contributed by atoms with Crippen LogP contribution in [0.25, 0.3) is 0 Å². The molecule has 2 aromatic carbocycles. The number of allylic oxidation sites excluding steroid dienone is 1. The van der Waals surface area contributed by atoms with Crippen LogP contribution in [0.1, 0.15) is 24.4 Å². The lowest BCUT2D eigenvalue weighted by Gasteiger charge is -2.28. The first-order chi connectivity index (χ1) is 14.2. The van der Waals surface area contributed by atoms with E-state index >= 15 is 0 Å². The van der Waals surface area contributed by atoms with Gasteiger partial charge in [0.05, 0.1) is 5.57 Å². The van der Waals surface area contributed by atoms with Gasteiger partial charge in [0.2, 0.25) is 5.95 Å². The number of carbonyl (C=O) groups is 1. The van der Waals surface area contributed by atoms with Crippen molar-refractivity contribution in [1.29, 1.82) is 0 Å². The second-order valence-corrected chi connectivity index (χ2v) is 6.68. The minimum atomic E-state index is -4.75. The Bertz CT molecular complexity index is 1140. The third kappa shape index (κ3) is 3.59. The summed E-state index contributed by atoms with van der Waals surface area (Å²) in [5.41, 5.74) is 1.38. The average Bonchev–Trinajstić information content (AvgIpc) is 3.11. The monoisotopic (exact) mass is 415 g/mol. The lowest BCUT2D eigenvalue weighted by Crippen LogP contribution is -2.31. The van der Waals surface area contributed by atoms with Gasteiger partial charge < -0.3 is 15.7 Å². The van der Waals surface area contributed by atoms with Crippen molar-refractivity contribution in [2.45, 2.75) is 19.1 Å². The van der Waals surface area contributed by atoms with Crippen LogP contribution < -0.4 is 10.6 Å². The van der Waals surface area contributed by atoms with Crippen molar-refractivity contribution in [3.05, 3.63) is 77.3 Å². The molecule has 1 aliphatic heterocycles. The van der Waals surface area contributed by atoms with Gasteiger partial charge in [0, 0.05) is 11.4 Å². The standard InChI is InChI=1S/C20H16F3N5O2/c1-11-15(17(30)25-13-7-3-2-4-8-13)16(12-6-5-9-14(29)10-12)28-19(24-11)26-18(27-28)20(21,22)23/h2-10,16,29H,1H3,(H,25,30)(H,24,26,27)/t16-/m0/s1. The molecule has 0 spiro atoms. The quantitative estimate of drug-likeness (QED) is 0.603. The number of amides is 1. The summed E-state index contributed by atoms with van der Waals surface area (Å²) >= 11 is 0. The predicted molar refractivity (Wildman–Crippen MR) is 103 cm³/mol.